The van der Waals surface area contributed by atoms with Crippen LogP contribution in [0.2, 0.25) is 5.15 Å². The van der Waals surface area contributed by atoms with Crippen molar-refractivity contribution in [3.63, 3.8) is 0 Å². The number of oxime groups is 1. The van der Waals surface area contributed by atoms with E-state index in [1.807, 2.05) is 0 Å². The van der Waals surface area contributed by atoms with Crippen molar-refractivity contribution in [1.82, 2.24) is 9.78 Å². The fourth-order valence-corrected chi connectivity index (χ4v) is 2.23. The molecule has 0 atom stereocenters. The van der Waals surface area contributed by atoms with Crippen LogP contribution < -0.4 is 5.73 Å². The number of amidine groups is 1. The molecule has 0 aliphatic rings. The number of carbonyl (C=O) groups is 1. The molecule has 0 aliphatic carbocycles. The summed E-state index contributed by atoms with van der Waals surface area (Å²) < 4.78 is 77.0. The highest BCUT2D eigenvalue weighted by atomic mass is 35.5. The minimum absolute atomic E-state index is 0.0319. The Morgan fingerprint density at radius 1 is 1.17 bits per heavy atom. The lowest BCUT2D eigenvalue weighted by atomic mass is 10.1. The normalized spacial score (nSPS) is 13.2. The van der Waals surface area contributed by atoms with E-state index in [2.05, 4.69) is 15.1 Å². The molecule has 2 aromatic rings. The van der Waals surface area contributed by atoms with Crippen LogP contribution in [0, 0.1) is 0 Å². The van der Waals surface area contributed by atoms with Crippen molar-refractivity contribution in [2.45, 2.75) is 12.4 Å². The maximum absolute atomic E-state index is 12.9. The SMILES string of the molecule is Cn1nc(C(F)(F)F)c(/C=C/C(=O)O/N=C(\N)c2ccc(C(F)(F)F)cc2)c1Cl. The van der Waals surface area contributed by atoms with Gasteiger partial charge in [0.05, 0.1) is 5.56 Å². The molecule has 0 amide bonds. The lowest BCUT2D eigenvalue weighted by Gasteiger charge is -2.07. The zero-order valence-corrected chi connectivity index (χ0v) is 15.1. The summed E-state index contributed by atoms with van der Waals surface area (Å²) >= 11 is 5.73. The first-order chi connectivity index (χ1) is 13.3. The number of carbonyl (C=O) groups excluding carboxylic acids is 1. The molecule has 1 aromatic heterocycles. The van der Waals surface area contributed by atoms with E-state index in [0.717, 1.165) is 35.0 Å². The van der Waals surface area contributed by atoms with Gasteiger partial charge in [-0.1, -0.05) is 28.9 Å². The van der Waals surface area contributed by atoms with Gasteiger partial charge in [0.2, 0.25) is 0 Å². The van der Waals surface area contributed by atoms with Gasteiger partial charge in [0.1, 0.15) is 5.15 Å². The molecule has 2 rings (SSSR count). The highest BCUT2D eigenvalue weighted by molar-refractivity contribution is 6.31. The molecule has 0 saturated carbocycles. The van der Waals surface area contributed by atoms with Crippen molar-refractivity contribution >= 4 is 29.5 Å². The van der Waals surface area contributed by atoms with E-state index in [1.165, 1.54) is 7.05 Å². The van der Waals surface area contributed by atoms with Crippen LogP contribution in [0.15, 0.2) is 35.5 Å². The van der Waals surface area contributed by atoms with Gasteiger partial charge >= 0.3 is 18.3 Å². The van der Waals surface area contributed by atoms with E-state index in [4.69, 9.17) is 17.3 Å². The second-order valence-corrected chi connectivity index (χ2v) is 5.83. The number of benzene rings is 1. The Balaban J connectivity index is 2.12. The van der Waals surface area contributed by atoms with Gasteiger partial charge in [0.15, 0.2) is 11.5 Å². The van der Waals surface area contributed by atoms with Gasteiger partial charge < -0.3 is 10.6 Å². The molecule has 1 heterocycles. The molecule has 0 unspecified atom stereocenters. The topological polar surface area (TPSA) is 82.5 Å². The minimum atomic E-state index is -4.81. The Bertz CT molecular complexity index is 962. The van der Waals surface area contributed by atoms with E-state index >= 15 is 0 Å². The molecule has 0 fully saturated rings. The van der Waals surface area contributed by atoms with Crippen LogP contribution >= 0.6 is 11.6 Å². The van der Waals surface area contributed by atoms with Gasteiger partial charge in [-0.15, -0.1) is 0 Å². The van der Waals surface area contributed by atoms with E-state index in [0.29, 0.717) is 6.08 Å². The first-order valence-electron chi connectivity index (χ1n) is 7.50. The Hall–Kier alpha value is -3.02. The first kappa shape index (κ1) is 22.3. The molecule has 1 aromatic carbocycles. The predicted octanol–water partition coefficient (Wildman–Crippen LogP) is 3.99. The molecule has 0 bridgehead atoms. The third kappa shape index (κ3) is 5.50. The van der Waals surface area contributed by atoms with Crippen LogP contribution in [0.25, 0.3) is 6.08 Å². The van der Waals surface area contributed by atoms with Crippen molar-refractivity contribution in [2.75, 3.05) is 0 Å². The van der Waals surface area contributed by atoms with Gasteiger partial charge in [0.25, 0.3) is 0 Å². The Morgan fingerprint density at radius 2 is 1.76 bits per heavy atom. The molecule has 0 saturated heterocycles. The highest BCUT2D eigenvalue weighted by Gasteiger charge is 2.38. The van der Waals surface area contributed by atoms with E-state index in [1.54, 1.807) is 0 Å². The van der Waals surface area contributed by atoms with Crippen molar-refractivity contribution in [3.05, 3.63) is 57.9 Å². The standard InChI is InChI=1S/C16H11ClF6N4O2/c1-27-13(17)10(12(25-27)16(21,22)23)6-7-11(28)29-26-14(24)8-2-4-9(5-3-8)15(18,19)20/h2-7H,1H3,(H2,24,26)/b7-6+. The molecule has 156 valence electrons. The first-order valence-corrected chi connectivity index (χ1v) is 7.88. The summed E-state index contributed by atoms with van der Waals surface area (Å²) in [5.41, 5.74) is 2.76. The fourth-order valence-electron chi connectivity index (χ4n) is 2.04. The molecule has 0 radical (unpaired) electrons. The summed E-state index contributed by atoms with van der Waals surface area (Å²) in [5.74, 6) is -1.62. The average molecular weight is 441 g/mol. The maximum Gasteiger partial charge on any atom is 0.435 e. The third-order valence-electron chi connectivity index (χ3n) is 3.41. The number of rotatable bonds is 4. The van der Waals surface area contributed by atoms with Crippen LogP contribution in [0.3, 0.4) is 0 Å². The van der Waals surface area contributed by atoms with Gasteiger partial charge in [0, 0.05) is 24.3 Å². The van der Waals surface area contributed by atoms with E-state index < -0.39 is 41.0 Å². The zero-order chi connectivity index (χ0) is 22.0. The largest absolute Gasteiger partial charge is 0.435 e. The quantitative estimate of drug-likeness (QED) is 0.195. The summed E-state index contributed by atoms with van der Waals surface area (Å²) in [5, 5.41) is 6.09. The summed E-state index contributed by atoms with van der Waals surface area (Å²) in [4.78, 5) is 16.1. The molecule has 13 heteroatoms. The lowest BCUT2D eigenvalue weighted by molar-refractivity contribution is -0.142. The van der Waals surface area contributed by atoms with Crippen LogP contribution in [-0.4, -0.2) is 21.6 Å². The van der Waals surface area contributed by atoms with Crippen LogP contribution in [0.5, 0.6) is 0 Å². The molecule has 0 aliphatic heterocycles. The van der Waals surface area contributed by atoms with Gasteiger partial charge in [-0.2, -0.15) is 31.4 Å². The Morgan fingerprint density at radius 3 is 2.28 bits per heavy atom. The molecule has 0 spiro atoms. The molecular weight excluding hydrogens is 430 g/mol. The van der Waals surface area contributed by atoms with Gasteiger partial charge in [-0.05, 0) is 18.2 Å². The third-order valence-corrected chi connectivity index (χ3v) is 3.86. The number of hydrogen-bond donors (Lipinski definition) is 1. The number of nitrogens with zero attached hydrogens (tertiary/aromatic N) is 3. The Labute approximate surface area is 164 Å². The minimum Gasteiger partial charge on any atom is -0.380 e. The highest BCUT2D eigenvalue weighted by Crippen LogP contribution is 2.34. The van der Waals surface area contributed by atoms with Crippen LogP contribution in [0.4, 0.5) is 26.3 Å². The number of aryl methyl sites for hydroxylation is 1. The second kappa shape index (κ2) is 8.15. The molecule has 2 N–H and O–H groups in total. The lowest BCUT2D eigenvalue weighted by Crippen LogP contribution is -2.15. The average Bonchev–Trinajstić information content (AvgIpc) is 2.92. The van der Waals surface area contributed by atoms with E-state index in [9.17, 15) is 31.1 Å². The van der Waals surface area contributed by atoms with Crippen LogP contribution in [-0.2, 0) is 29.0 Å². The van der Waals surface area contributed by atoms with Crippen LogP contribution in [0.1, 0.15) is 22.4 Å². The van der Waals surface area contributed by atoms with Crippen molar-refractivity contribution in [1.29, 1.82) is 0 Å². The van der Waals surface area contributed by atoms with Crippen molar-refractivity contribution < 1.29 is 36.0 Å². The zero-order valence-electron chi connectivity index (χ0n) is 14.3. The van der Waals surface area contributed by atoms with Gasteiger partial charge in [-0.25, -0.2) is 4.79 Å². The number of halogens is 7. The number of alkyl halides is 6. The Kier molecular flexibility index (Phi) is 6.26. The summed E-state index contributed by atoms with van der Waals surface area (Å²) in [6, 6.07) is 3.53. The smallest absolute Gasteiger partial charge is 0.380 e. The van der Waals surface area contributed by atoms with Crippen molar-refractivity contribution in [2.24, 2.45) is 17.9 Å². The summed E-state index contributed by atoms with van der Waals surface area (Å²) in [6.07, 6.45) is -7.99. The molecular formula is C16H11ClF6N4O2. The maximum atomic E-state index is 12.9. The number of aromatic nitrogens is 2. The molecule has 29 heavy (non-hydrogen) atoms. The summed E-state index contributed by atoms with van der Waals surface area (Å²) in [6.45, 7) is 0. The predicted molar refractivity (Wildman–Crippen MR) is 90.5 cm³/mol. The van der Waals surface area contributed by atoms with Gasteiger partial charge in [-0.3, -0.25) is 4.68 Å². The molecule has 6 nitrogen and oxygen atoms in total. The number of nitrogens with two attached hydrogens (primary N) is 1. The van der Waals surface area contributed by atoms with Crippen molar-refractivity contribution in [3.8, 4) is 0 Å². The fraction of sp³-hybridized carbons (Fsp3) is 0.188. The summed E-state index contributed by atoms with van der Waals surface area (Å²) in [7, 11) is 1.18. The second-order valence-electron chi connectivity index (χ2n) is 5.47. The van der Waals surface area contributed by atoms with E-state index in [-0.39, 0.29) is 10.7 Å². The number of hydrogen-bond acceptors (Lipinski definition) is 4. The monoisotopic (exact) mass is 440 g/mol.